The number of nitrogen functional groups attached to an aromatic ring is 1. The monoisotopic (exact) mass is 175 g/mol. The van der Waals surface area contributed by atoms with Crippen LogP contribution in [0.15, 0.2) is 12.1 Å². The van der Waals surface area contributed by atoms with Gasteiger partial charge in [0.25, 0.3) is 0 Å². The minimum absolute atomic E-state index is 0.715. The summed E-state index contributed by atoms with van der Waals surface area (Å²) < 4.78 is 0. The number of nitrogens with two attached hydrogens (primary N) is 1. The van der Waals surface area contributed by atoms with Crippen molar-refractivity contribution in [1.82, 2.24) is 0 Å². The van der Waals surface area contributed by atoms with Crippen LogP contribution in [0.25, 0.3) is 0 Å². The SMILES string of the molecule is N=Cc1ccc2c(c1N)NCCC2. The number of hydrogen-bond donors (Lipinski definition) is 3. The lowest BCUT2D eigenvalue weighted by Gasteiger charge is -2.20. The summed E-state index contributed by atoms with van der Waals surface area (Å²) in [5.74, 6) is 0. The molecule has 0 radical (unpaired) electrons. The molecule has 1 heterocycles. The minimum atomic E-state index is 0.715. The van der Waals surface area contributed by atoms with E-state index in [1.807, 2.05) is 6.07 Å². The molecule has 68 valence electrons. The van der Waals surface area contributed by atoms with Crippen molar-refractivity contribution in [3.05, 3.63) is 23.3 Å². The number of aryl methyl sites for hydroxylation is 1. The largest absolute Gasteiger partial charge is 0.397 e. The van der Waals surface area contributed by atoms with E-state index in [1.54, 1.807) is 0 Å². The third-order valence-electron chi connectivity index (χ3n) is 2.45. The molecule has 0 aliphatic carbocycles. The summed E-state index contributed by atoms with van der Waals surface area (Å²) in [4.78, 5) is 0. The molecule has 2 rings (SSSR count). The molecule has 13 heavy (non-hydrogen) atoms. The Bertz CT molecular complexity index is 344. The molecule has 1 aliphatic heterocycles. The standard InChI is InChI=1S/C10H13N3/c11-6-8-4-3-7-2-1-5-13-10(7)9(8)12/h3-4,6,11,13H,1-2,5,12H2. The molecule has 0 amide bonds. The lowest BCUT2D eigenvalue weighted by atomic mass is 9.99. The second-order valence-electron chi connectivity index (χ2n) is 3.28. The number of nitrogens with one attached hydrogen (secondary N) is 2. The second-order valence-corrected chi connectivity index (χ2v) is 3.28. The van der Waals surface area contributed by atoms with Gasteiger partial charge in [-0.25, -0.2) is 0 Å². The Labute approximate surface area is 77.5 Å². The molecule has 1 aliphatic rings. The summed E-state index contributed by atoms with van der Waals surface area (Å²) in [5.41, 5.74) is 9.72. The highest BCUT2D eigenvalue weighted by atomic mass is 14.9. The van der Waals surface area contributed by atoms with Crippen LogP contribution in [0.2, 0.25) is 0 Å². The predicted octanol–water partition coefficient (Wildman–Crippen LogP) is 1.62. The number of hydrogen-bond acceptors (Lipinski definition) is 3. The highest BCUT2D eigenvalue weighted by Crippen LogP contribution is 2.30. The van der Waals surface area contributed by atoms with Gasteiger partial charge in [0.15, 0.2) is 0 Å². The summed E-state index contributed by atoms with van der Waals surface area (Å²) in [6.07, 6.45) is 3.55. The van der Waals surface area contributed by atoms with Gasteiger partial charge in [0.05, 0.1) is 11.4 Å². The molecule has 0 fully saturated rings. The Hall–Kier alpha value is -1.51. The maximum Gasteiger partial charge on any atom is 0.0641 e. The minimum Gasteiger partial charge on any atom is -0.397 e. The van der Waals surface area contributed by atoms with Crippen molar-refractivity contribution >= 4 is 17.6 Å². The smallest absolute Gasteiger partial charge is 0.0641 e. The molecule has 3 nitrogen and oxygen atoms in total. The van der Waals surface area contributed by atoms with Crippen molar-refractivity contribution in [1.29, 1.82) is 5.41 Å². The molecule has 0 saturated heterocycles. The van der Waals surface area contributed by atoms with Crippen LogP contribution in [0.3, 0.4) is 0 Å². The number of anilines is 2. The number of benzene rings is 1. The summed E-state index contributed by atoms with van der Waals surface area (Å²) in [6.45, 7) is 0.985. The van der Waals surface area contributed by atoms with E-state index < -0.39 is 0 Å². The average molecular weight is 175 g/mol. The van der Waals surface area contributed by atoms with Crippen LogP contribution in [-0.4, -0.2) is 12.8 Å². The van der Waals surface area contributed by atoms with Gasteiger partial charge in [0, 0.05) is 18.3 Å². The first-order chi connectivity index (χ1) is 6.33. The zero-order valence-corrected chi connectivity index (χ0v) is 7.43. The van der Waals surface area contributed by atoms with Gasteiger partial charge in [-0.15, -0.1) is 0 Å². The molecular weight excluding hydrogens is 162 g/mol. The van der Waals surface area contributed by atoms with Gasteiger partial charge in [-0.1, -0.05) is 12.1 Å². The highest BCUT2D eigenvalue weighted by molar-refractivity contribution is 5.91. The van der Waals surface area contributed by atoms with E-state index in [9.17, 15) is 0 Å². The van der Waals surface area contributed by atoms with Gasteiger partial charge in [-0.05, 0) is 18.4 Å². The fourth-order valence-electron chi connectivity index (χ4n) is 1.72. The van der Waals surface area contributed by atoms with Crippen LogP contribution in [0, 0.1) is 5.41 Å². The molecule has 0 aromatic heterocycles. The molecular formula is C10H13N3. The molecule has 0 saturated carbocycles. The Morgan fingerprint density at radius 3 is 3.08 bits per heavy atom. The maximum atomic E-state index is 7.17. The molecule has 0 unspecified atom stereocenters. The zero-order chi connectivity index (χ0) is 9.26. The Morgan fingerprint density at radius 2 is 2.31 bits per heavy atom. The van der Waals surface area contributed by atoms with Gasteiger partial charge in [0.2, 0.25) is 0 Å². The topological polar surface area (TPSA) is 61.9 Å². The third-order valence-corrected chi connectivity index (χ3v) is 2.45. The van der Waals surface area contributed by atoms with Crippen LogP contribution in [-0.2, 0) is 6.42 Å². The van der Waals surface area contributed by atoms with Crippen molar-refractivity contribution in [3.8, 4) is 0 Å². The average Bonchev–Trinajstić information content (AvgIpc) is 2.19. The fraction of sp³-hybridized carbons (Fsp3) is 0.300. The van der Waals surface area contributed by atoms with E-state index in [2.05, 4.69) is 11.4 Å². The Morgan fingerprint density at radius 1 is 1.46 bits per heavy atom. The Balaban J connectivity index is 2.54. The van der Waals surface area contributed by atoms with Crippen molar-refractivity contribution in [2.45, 2.75) is 12.8 Å². The molecule has 0 bridgehead atoms. The summed E-state index contributed by atoms with van der Waals surface area (Å²) in [5, 5.41) is 10.4. The van der Waals surface area contributed by atoms with Crippen LogP contribution in [0.4, 0.5) is 11.4 Å². The van der Waals surface area contributed by atoms with E-state index in [4.69, 9.17) is 11.1 Å². The first-order valence-electron chi connectivity index (χ1n) is 4.48. The van der Waals surface area contributed by atoms with E-state index in [-0.39, 0.29) is 0 Å². The highest BCUT2D eigenvalue weighted by Gasteiger charge is 2.12. The van der Waals surface area contributed by atoms with Crippen LogP contribution >= 0.6 is 0 Å². The molecule has 1 aromatic rings. The number of fused-ring (bicyclic) bond motifs is 1. The van der Waals surface area contributed by atoms with Crippen molar-refractivity contribution < 1.29 is 0 Å². The molecule has 3 heteroatoms. The Kier molecular flexibility index (Phi) is 1.93. The lowest BCUT2D eigenvalue weighted by Crippen LogP contribution is -2.14. The quantitative estimate of drug-likeness (QED) is 0.448. The van der Waals surface area contributed by atoms with Gasteiger partial charge in [-0.2, -0.15) is 0 Å². The third kappa shape index (κ3) is 1.26. The molecule has 1 aromatic carbocycles. The first-order valence-corrected chi connectivity index (χ1v) is 4.48. The predicted molar refractivity (Wildman–Crippen MR) is 55.6 cm³/mol. The first kappa shape index (κ1) is 8.10. The normalized spacial score (nSPS) is 14.5. The number of rotatable bonds is 1. The van der Waals surface area contributed by atoms with Crippen LogP contribution in [0.5, 0.6) is 0 Å². The van der Waals surface area contributed by atoms with E-state index in [0.29, 0.717) is 5.69 Å². The fourth-order valence-corrected chi connectivity index (χ4v) is 1.72. The second kappa shape index (κ2) is 3.09. The summed E-state index contributed by atoms with van der Waals surface area (Å²) in [6, 6.07) is 3.96. The van der Waals surface area contributed by atoms with Gasteiger partial charge < -0.3 is 16.5 Å². The van der Waals surface area contributed by atoms with E-state index in [1.165, 1.54) is 11.8 Å². The van der Waals surface area contributed by atoms with Gasteiger partial charge in [0.1, 0.15) is 0 Å². The lowest BCUT2D eigenvalue weighted by molar-refractivity contribution is 0.831. The summed E-state index contributed by atoms with van der Waals surface area (Å²) in [7, 11) is 0. The van der Waals surface area contributed by atoms with Crippen molar-refractivity contribution in [3.63, 3.8) is 0 Å². The summed E-state index contributed by atoms with van der Waals surface area (Å²) >= 11 is 0. The van der Waals surface area contributed by atoms with Gasteiger partial charge in [-0.3, -0.25) is 0 Å². The maximum absolute atomic E-state index is 7.17. The van der Waals surface area contributed by atoms with Crippen molar-refractivity contribution in [2.24, 2.45) is 0 Å². The van der Waals surface area contributed by atoms with Gasteiger partial charge >= 0.3 is 0 Å². The van der Waals surface area contributed by atoms with Crippen LogP contribution < -0.4 is 11.1 Å². The van der Waals surface area contributed by atoms with E-state index >= 15 is 0 Å². The van der Waals surface area contributed by atoms with E-state index in [0.717, 1.165) is 30.6 Å². The molecule has 0 atom stereocenters. The van der Waals surface area contributed by atoms with Crippen LogP contribution in [0.1, 0.15) is 17.5 Å². The van der Waals surface area contributed by atoms with Crippen molar-refractivity contribution in [2.75, 3.05) is 17.6 Å². The molecule has 0 spiro atoms. The zero-order valence-electron chi connectivity index (χ0n) is 7.43. The molecule has 4 N–H and O–H groups in total.